The quantitative estimate of drug-likeness (QED) is 0.642. The maximum Gasteiger partial charge on any atom is 0.254 e. The van der Waals surface area contributed by atoms with Crippen LogP contribution in [0.3, 0.4) is 0 Å². The fourth-order valence-electron chi connectivity index (χ4n) is 2.55. The molecule has 0 aromatic heterocycles. The molecule has 0 spiro atoms. The molecule has 0 saturated heterocycles. The Balaban J connectivity index is 3.14. The number of hydrogen-bond acceptors (Lipinski definition) is 4. The molecule has 25 heavy (non-hydrogen) atoms. The molecule has 0 saturated carbocycles. The average molecular weight is 366 g/mol. The first-order chi connectivity index (χ1) is 11.9. The summed E-state index contributed by atoms with van der Waals surface area (Å²) in [6.45, 7) is 4.81. The van der Waals surface area contributed by atoms with Crippen LogP contribution in [0.2, 0.25) is 0 Å². The Kier molecular flexibility index (Phi) is 8.62. The van der Waals surface area contributed by atoms with Gasteiger partial charge in [0.1, 0.15) is 0 Å². The summed E-state index contributed by atoms with van der Waals surface area (Å²) in [5.74, 6) is 2.01. The lowest BCUT2D eigenvalue weighted by Gasteiger charge is -2.30. The van der Waals surface area contributed by atoms with Gasteiger partial charge in [0, 0.05) is 25.3 Å². The minimum Gasteiger partial charge on any atom is -0.383 e. The van der Waals surface area contributed by atoms with Gasteiger partial charge in [-0.25, -0.2) is 8.42 Å². The summed E-state index contributed by atoms with van der Waals surface area (Å²) < 4.78 is 31.8. The summed E-state index contributed by atoms with van der Waals surface area (Å²) in [4.78, 5) is 14.7. The molecule has 138 valence electrons. The van der Waals surface area contributed by atoms with Crippen LogP contribution in [-0.2, 0) is 14.8 Å². The summed E-state index contributed by atoms with van der Waals surface area (Å²) >= 11 is 0. The number of methoxy groups -OCH3 is 1. The second kappa shape index (κ2) is 10.2. The Morgan fingerprint density at radius 1 is 1.36 bits per heavy atom. The minimum absolute atomic E-state index is 0.0184. The lowest BCUT2D eigenvalue weighted by Crippen LogP contribution is -2.41. The Bertz CT molecular complexity index is 706. The van der Waals surface area contributed by atoms with E-state index in [2.05, 4.69) is 10.6 Å². The van der Waals surface area contributed by atoms with Crippen molar-refractivity contribution in [1.82, 2.24) is 9.62 Å². The van der Waals surface area contributed by atoms with Gasteiger partial charge in [-0.05, 0) is 31.0 Å². The number of sulfonamides is 1. The predicted octanol–water partition coefficient (Wildman–Crippen LogP) is 1.88. The van der Waals surface area contributed by atoms with E-state index < -0.39 is 10.0 Å². The molecule has 6 nitrogen and oxygen atoms in total. The van der Waals surface area contributed by atoms with Gasteiger partial charge in [0.05, 0.1) is 18.0 Å². The molecule has 0 aliphatic carbocycles. The zero-order valence-corrected chi connectivity index (χ0v) is 15.8. The highest BCUT2D eigenvalue weighted by Crippen LogP contribution is 2.17. The first-order valence-electron chi connectivity index (χ1n) is 8.24. The van der Waals surface area contributed by atoms with Crippen LogP contribution in [0.25, 0.3) is 0 Å². The van der Waals surface area contributed by atoms with E-state index in [1.54, 1.807) is 24.1 Å². The van der Waals surface area contributed by atoms with Gasteiger partial charge in [0.25, 0.3) is 5.91 Å². The van der Waals surface area contributed by atoms with Crippen LogP contribution in [-0.4, -0.2) is 52.1 Å². The second-order valence-electron chi connectivity index (χ2n) is 5.52. The largest absolute Gasteiger partial charge is 0.383 e. The van der Waals surface area contributed by atoms with E-state index in [4.69, 9.17) is 11.2 Å². The number of hydrogen-bond donors (Lipinski definition) is 1. The molecule has 0 radical (unpaired) electrons. The van der Waals surface area contributed by atoms with Gasteiger partial charge in [0.2, 0.25) is 10.0 Å². The van der Waals surface area contributed by atoms with Crippen molar-refractivity contribution < 1.29 is 17.9 Å². The molecule has 0 bridgehead atoms. The van der Waals surface area contributed by atoms with Gasteiger partial charge < -0.3 is 9.64 Å². The Hall–Kier alpha value is -1.88. The zero-order valence-electron chi connectivity index (χ0n) is 15.0. The molecular formula is C18H26N2O4S. The van der Waals surface area contributed by atoms with Crippen LogP contribution in [0.5, 0.6) is 0 Å². The number of terminal acetylenes is 1. The summed E-state index contributed by atoms with van der Waals surface area (Å²) in [6, 6.07) is 6.06. The van der Waals surface area contributed by atoms with Crippen LogP contribution in [0.15, 0.2) is 29.2 Å². The molecule has 0 atom stereocenters. The number of nitrogens with zero attached hydrogens (tertiary/aromatic N) is 1. The van der Waals surface area contributed by atoms with Crippen LogP contribution in [0.1, 0.15) is 37.0 Å². The van der Waals surface area contributed by atoms with Gasteiger partial charge in [-0.3, -0.25) is 4.79 Å². The molecule has 1 rings (SSSR count). The summed E-state index contributed by atoms with van der Waals surface area (Å²) in [5, 5.41) is 0. The monoisotopic (exact) mass is 366 g/mol. The van der Waals surface area contributed by atoms with Gasteiger partial charge in [-0.1, -0.05) is 25.8 Å². The minimum atomic E-state index is -3.74. The molecule has 0 aliphatic heterocycles. The molecule has 7 heteroatoms. The van der Waals surface area contributed by atoms with Crippen LogP contribution in [0.4, 0.5) is 0 Å². The SMILES string of the molecule is C#CCNS(=O)(=O)c1cccc(C(=O)N(CCOC)C(CC)CC)c1. The zero-order chi connectivity index (χ0) is 18.9. The fraction of sp³-hybridized carbons (Fsp3) is 0.500. The van der Waals surface area contributed by atoms with E-state index in [1.165, 1.54) is 12.1 Å². The van der Waals surface area contributed by atoms with Crippen molar-refractivity contribution in [1.29, 1.82) is 0 Å². The Morgan fingerprint density at radius 3 is 2.60 bits per heavy atom. The standard InChI is InChI=1S/C18H26N2O4S/c1-5-11-19-25(22,23)17-10-8-9-15(14-17)18(21)20(12-13-24-4)16(6-2)7-3/h1,8-10,14,16,19H,6-7,11-13H2,2-4H3. The fourth-order valence-corrected chi connectivity index (χ4v) is 3.53. The molecular weight excluding hydrogens is 340 g/mol. The first-order valence-corrected chi connectivity index (χ1v) is 9.72. The molecule has 1 N–H and O–H groups in total. The third-order valence-corrected chi connectivity index (χ3v) is 5.33. The van der Waals surface area contributed by atoms with Crippen molar-refractivity contribution in [3.63, 3.8) is 0 Å². The van der Waals surface area contributed by atoms with Crippen LogP contribution in [0, 0.1) is 12.3 Å². The third-order valence-electron chi connectivity index (χ3n) is 3.94. The van der Waals surface area contributed by atoms with Gasteiger partial charge in [-0.15, -0.1) is 6.42 Å². The third kappa shape index (κ3) is 5.85. The number of amides is 1. The van der Waals surface area contributed by atoms with Crippen molar-refractivity contribution in [3.8, 4) is 12.3 Å². The van der Waals surface area contributed by atoms with E-state index in [9.17, 15) is 13.2 Å². The average Bonchev–Trinajstić information content (AvgIpc) is 2.63. The van der Waals surface area contributed by atoms with Crippen LogP contribution < -0.4 is 4.72 Å². The predicted molar refractivity (Wildman–Crippen MR) is 97.7 cm³/mol. The maximum atomic E-state index is 12.9. The number of benzene rings is 1. The Labute approximate surface area is 150 Å². The van der Waals surface area contributed by atoms with E-state index in [1.807, 2.05) is 13.8 Å². The summed E-state index contributed by atoms with van der Waals surface area (Å²) in [6.07, 6.45) is 6.72. The highest BCUT2D eigenvalue weighted by atomic mass is 32.2. The Morgan fingerprint density at radius 2 is 2.04 bits per heavy atom. The van der Waals surface area contributed by atoms with E-state index in [0.29, 0.717) is 18.7 Å². The number of nitrogens with one attached hydrogen (secondary N) is 1. The number of ether oxygens (including phenoxy) is 1. The summed E-state index contributed by atoms with van der Waals surface area (Å²) in [7, 11) is -2.16. The van der Waals surface area contributed by atoms with Crippen molar-refractivity contribution >= 4 is 15.9 Å². The van der Waals surface area contributed by atoms with Gasteiger partial charge >= 0.3 is 0 Å². The molecule has 0 unspecified atom stereocenters. The lowest BCUT2D eigenvalue weighted by molar-refractivity contribution is 0.0589. The molecule has 0 fully saturated rings. The topological polar surface area (TPSA) is 75.7 Å². The number of carbonyl (C=O) groups is 1. The summed E-state index contributed by atoms with van der Waals surface area (Å²) in [5.41, 5.74) is 0.326. The highest BCUT2D eigenvalue weighted by molar-refractivity contribution is 7.89. The maximum absolute atomic E-state index is 12.9. The number of rotatable bonds is 10. The first kappa shape index (κ1) is 21.2. The van der Waals surface area contributed by atoms with Gasteiger partial charge in [0.15, 0.2) is 0 Å². The van der Waals surface area contributed by atoms with Crippen molar-refractivity contribution in [3.05, 3.63) is 29.8 Å². The van der Waals surface area contributed by atoms with E-state index in [0.717, 1.165) is 12.8 Å². The second-order valence-corrected chi connectivity index (χ2v) is 7.29. The van der Waals surface area contributed by atoms with Crippen molar-refractivity contribution in [2.24, 2.45) is 0 Å². The normalized spacial score (nSPS) is 11.3. The number of carbonyl (C=O) groups excluding carboxylic acids is 1. The van der Waals surface area contributed by atoms with Crippen LogP contribution >= 0.6 is 0 Å². The van der Waals surface area contributed by atoms with E-state index in [-0.39, 0.29) is 23.4 Å². The molecule has 1 aromatic rings. The molecule has 0 heterocycles. The van der Waals surface area contributed by atoms with Gasteiger partial charge in [-0.2, -0.15) is 4.72 Å². The highest BCUT2D eigenvalue weighted by Gasteiger charge is 2.23. The van der Waals surface area contributed by atoms with Crippen molar-refractivity contribution in [2.45, 2.75) is 37.6 Å². The van der Waals surface area contributed by atoms with E-state index >= 15 is 0 Å². The lowest BCUT2D eigenvalue weighted by atomic mass is 10.1. The smallest absolute Gasteiger partial charge is 0.254 e. The molecule has 1 amide bonds. The molecule has 1 aromatic carbocycles. The van der Waals surface area contributed by atoms with Crippen molar-refractivity contribution in [2.75, 3.05) is 26.8 Å². The molecule has 0 aliphatic rings.